The van der Waals surface area contributed by atoms with Crippen molar-refractivity contribution in [1.29, 1.82) is 0 Å². The lowest BCUT2D eigenvalue weighted by atomic mass is 10.1. The van der Waals surface area contributed by atoms with Gasteiger partial charge in [-0.05, 0) is 12.0 Å². The van der Waals surface area contributed by atoms with Gasteiger partial charge >= 0.3 is 0 Å². The van der Waals surface area contributed by atoms with Crippen LogP contribution in [0.2, 0.25) is 0 Å². The third-order valence-corrected chi connectivity index (χ3v) is 3.88. The maximum atomic E-state index is 4.58. The molecule has 2 heterocycles. The molecule has 4 rings (SSSR count). The second-order valence-electron chi connectivity index (χ2n) is 5.53. The average Bonchev–Trinajstić information content (AvgIpc) is 3.12. The molecule has 1 N–H and O–H groups in total. The van der Waals surface area contributed by atoms with Crippen molar-refractivity contribution < 1.29 is 0 Å². The van der Waals surface area contributed by atoms with Gasteiger partial charge in [0.1, 0.15) is 12.1 Å². The van der Waals surface area contributed by atoms with E-state index in [1.807, 2.05) is 42.5 Å². The van der Waals surface area contributed by atoms with Crippen molar-refractivity contribution in [2.24, 2.45) is 0 Å². The first kappa shape index (κ1) is 14.4. The maximum Gasteiger partial charge on any atom is 0.254 e. The monoisotopic (exact) mass is 315 g/mol. The highest BCUT2D eigenvalue weighted by molar-refractivity contribution is 5.65. The van der Waals surface area contributed by atoms with Crippen LogP contribution in [0.25, 0.3) is 17.0 Å². The molecule has 0 fully saturated rings. The van der Waals surface area contributed by atoms with E-state index in [1.54, 1.807) is 4.52 Å². The molecule has 4 aromatic rings. The Kier molecular flexibility index (Phi) is 3.90. The minimum absolute atomic E-state index is 0.596. The number of fused-ring (bicyclic) bond motifs is 1. The first-order valence-electron chi connectivity index (χ1n) is 7.94. The van der Waals surface area contributed by atoms with E-state index in [-0.39, 0.29) is 0 Å². The minimum Gasteiger partial charge on any atom is -0.370 e. The van der Waals surface area contributed by atoms with Gasteiger partial charge in [-0.3, -0.25) is 0 Å². The van der Waals surface area contributed by atoms with Gasteiger partial charge in [0.25, 0.3) is 5.78 Å². The summed E-state index contributed by atoms with van der Waals surface area (Å²) in [6, 6.07) is 22.5. The van der Waals surface area contributed by atoms with E-state index < -0.39 is 0 Å². The van der Waals surface area contributed by atoms with Crippen LogP contribution in [0.1, 0.15) is 5.56 Å². The van der Waals surface area contributed by atoms with Crippen LogP contribution in [-0.2, 0) is 6.42 Å². The lowest BCUT2D eigenvalue weighted by Crippen LogP contribution is -2.10. The molecule has 5 nitrogen and oxygen atoms in total. The van der Waals surface area contributed by atoms with E-state index >= 15 is 0 Å². The van der Waals surface area contributed by atoms with Crippen LogP contribution in [0.3, 0.4) is 0 Å². The summed E-state index contributed by atoms with van der Waals surface area (Å²) in [5.41, 5.74) is 3.25. The van der Waals surface area contributed by atoms with Gasteiger partial charge in [0.15, 0.2) is 0 Å². The van der Waals surface area contributed by atoms with E-state index in [4.69, 9.17) is 0 Å². The summed E-state index contributed by atoms with van der Waals surface area (Å²) in [5, 5.41) is 7.71. The molecule has 118 valence electrons. The molecule has 0 aliphatic heterocycles. The largest absolute Gasteiger partial charge is 0.370 e. The third kappa shape index (κ3) is 2.96. The van der Waals surface area contributed by atoms with Gasteiger partial charge in [0.2, 0.25) is 0 Å². The summed E-state index contributed by atoms with van der Waals surface area (Å²) in [6.07, 6.45) is 2.47. The lowest BCUT2D eigenvalue weighted by Gasteiger charge is -2.10. The normalized spacial score (nSPS) is 10.8. The Morgan fingerprint density at radius 3 is 2.46 bits per heavy atom. The van der Waals surface area contributed by atoms with Crippen molar-refractivity contribution in [3.8, 4) is 11.3 Å². The summed E-state index contributed by atoms with van der Waals surface area (Å²) in [4.78, 5) is 8.81. The minimum atomic E-state index is 0.596. The first-order chi connectivity index (χ1) is 11.9. The SMILES string of the molecule is c1ccc(CCNc2cc(-c3ccccc3)nc3ncnn23)cc1. The summed E-state index contributed by atoms with van der Waals surface area (Å²) in [6.45, 7) is 0.817. The van der Waals surface area contributed by atoms with Crippen molar-refractivity contribution >= 4 is 11.6 Å². The van der Waals surface area contributed by atoms with Crippen molar-refractivity contribution in [3.05, 3.63) is 78.6 Å². The molecule has 2 aromatic carbocycles. The lowest BCUT2D eigenvalue weighted by molar-refractivity contribution is 0.914. The zero-order valence-corrected chi connectivity index (χ0v) is 13.1. The molecule has 5 heteroatoms. The number of aromatic nitrogens is 4. The molecule has 0 unspecified atom stereocenters. The Morgan fingerprint density at radius 2 is 1.67 bits per heavy atom. The summed E-state index contributed by atoms with van der Waals surface area (Å²) in [5.74, 6) is 1.49. The molecular formula is C19H17N5. The number of rotatable bonds is 5. The summed E-state index contributed by atoms with van der Waals surface area (Å²) >= 11 is 0. The second-order valence-corrected chi connectivity index (χ2v) is 5.53. The van der Waals surface area contributed by atoms with Gasteiger partial charge in [0, 0.05) is 18.2 Å². The fourth-order valence-electron chi connectivity index (χ4n) is 2.67. The van der Waals surface area contributed by atoms with Gasteiger partial charge in [-0.2, -0.15) is 14.6 Å². The smallest absolute Gasteiger partial charge is 0.254 e. The maximum absolute atomic E-state index is 4.58. The number of hydrogen-bond acceptors (Lipinski definition) is 4. The highest BCUT2D eigenvalue weighted by Gasteiger charge is 2.08. The van der Waals surface area contributed by atoms with Crippen LogP contribution >= 0.6 is 0 Å². The molecule has 0 saturated carbocycles. The standard InChI is InChI=1S/C19H17N5/c1-3-7-15(8-4-1)11-12-20-18-13-17(16-9-5-2-6-10-16)23-19-21-14-22-24(18)19/h1-10,13-14,20H,11-12H2. The quantitative estimate of drug-likeness (QED) is 0.613. The Morgan fingerprint density at radius 1 is 0.917 bits per heavy atom. The second kappa shape index (κ2) is 6.50. The molecule has 0 radical (unpaired) electrons. The number of nitrogens with one attached hydrogen (secondary N) is 1. The number of benzene rings is 2. The Bertz CT molecular complexity index is 932. The van der Waals surface area contributed by atoms with E-state index in [0.717, 1.165) is 30.0 Å². The first-order valence-corrected chi connectivity index (χ1v) is 7.94. The van der Waals surface area contributed by atoms with Crippen molar-refractivity contribution in [2.45, 2.75) is 6.42 Å². The zero-order chi connectivity index (χ0) is 16.2. The van der Waals surface area contributed by atoms with Gasteiger partial charge in [-0.25, -0.2) is 4.98 Å². The van der Waals surface area contributed by atoms with Crippen molar-refractivity contribution in [1.82, 2.24) is 19.6 Å². The Labute approximate surface area is 140 Å². The molecule has 24 heavy (non-hydrogen) atoms. The van der Waals surface area contributed by atoms with Gasteiger partial charge in [-0.1, -0.05) is 60.7 Å². The summed E-state index contributed by atoms with van der Waals surface area (Å²) < 4.78 is 1.73. The molecule has 2 aromatic heterocycles. The van der Waals surface area contributed by atoms with Gasteiger partial charge in [-0.15, -0.1) is 0 Å². The van der Waals surface area contributed by atoms with E-state index in [1.165, 1.54) is 11.9 Å². The predicted octanol–water partition coefficient (Wildman–Crippen LogP) is 3.45. The van der Waals surface area contributed by atoms with E-state index in [0.29, 0.717) is 5.78 Å². The molecular weight excluding hydrogens is 298 g/mol. The van der Waals surface area contributed by atoms with Crippen LogP contribution in [0, 0.1) is 0 Å². The van der Waals surface area contributed by atoms with Gasteiger partial charge < -0.3 is 5.32 Å². The van der Waals surface area contributed by atoms with E-state index in [2.05, 4.69) is 44.6 Å². The van der Waals surface area contributed by atoms with Crippen LogP contribution in [0.4, 0.5) is 5.82 Å². The fraction of sp³-hybridized carbons (Fsp3) is 0.105. The Balaban J connectivity index is 1.60. The van der Waals surface area contributed by atoms with Crippen LogP contribution < -0.4 is 5.32 Å². The molecule has 0 aliphatic rings. The number of anilines is 1. The highest BCUT2D eigenvalue weighted by atomic mass is 15.3. The fourth-order valence-corrected chi connectivity index (χ4v) is 2.67. The van der Waals surface area contributed by atoms with Crippen molar-refractivity contribution in [3.63, 3.8) is 0 Å². The highest BCUT2D eigenvalue weighted by Crippen LogP contribution is 2.21. The van der Waals surface area contributed by atoms with Crippen LogP contribution in [0.5, 0.6) is 0 Å². The number of hydrogen-bond donors (Lipinski definition) is 1. The molecule has 0 aliphatic carbocycles. The number of nitrogens with zero attached hydrogens (tertiary/aromatic N) is 4. The average molecular weight is 315 g/mol. The Hall–Kier alpha value is -3.21. The van der Waals surface area contributed by atoms with Gasteiger partial charge in [0.05, 0.1) is 5.69 Å². The molecule has 0 spiro atoms. The van der Waals surface area contributed by atoms with Crippen LogP contribution in [0.15, 0.2) is 73.1 Å². The molecule has 0 saturated heterocycles. The van der Waals surface area contributed by atoms with Crippen LogP contribution in [-0.4, -0.2) is 26.1 Å². The van der Waals surface area contributed by atoms with Crippen molar-refractivity contribution in [2.75, 3.05) is 11.9 Å². The zero-order valence-electron chi connectivity index (χ0n) is 13.1. The topological polar surface area (TPSA) is 55.1 Å². The molecule has 0 atom stereocenters. The van der Waals surface area contributed by atoms with E-state index in [9.17, 15) is 0 Å². The summed E-state index contributed by atoms with van der Waals surface area (Å²) in [7, 11) is 0. The molecule has 0 bridgehead atoms. The predicted molar refractivity (Wildman–Crippen MR) is 94.9 cm³/mol. The molecule has 0 amide bonds. The third-order valence-electron chi connectivity index (χ3n) is 3.88.